The molecule has 0 atom stereocenters. The van der Waals surface area contributed by atoms with Crippen LogP contribution in [0.4, 0.5) is 17.1 Å². The van der Waals surface area contributed by atoms with Gasteiger partial charge in [-0.05, 0) is 117 Å². The predicted octanol–water partition coefficient (Wildman–Crippen LogP) is 15.9. The first-order chi connectivity index (χ1) is 26.2. The first-order valence-electron chi connectivity index (χ1n) is 19.9. The summed E-state index contributed by atoms with van der Waals surface area (Å²) in [6, 6.07) is 55.4. The smallest absolute Gasteiger partial charge is 0.0618 e. The summed E-state index contributed by atoms with van der Waals surface area (Å²) < 4.78 is 0. The Balaban J connectivity index is 1.39. The van der Waals surface area contributed by atoms with E-state index in [1.165, 1.54) is 87.4 Å². The molecule has 9 aromatic carbocycles. The molecular formula is C54H51N. The van der Waals surface area contributed by atoms with Gasteiger partial charge in [0, 0.05) is 22.1 Å². The Morgan fingerprint density at radius 1 is 0.345 bits per heavy atom. The van der Waals surface area contributed by atoms with Gasteiger partial charge in [-0.2, -0.15) is 0 Å². The fourth-order valence-corrected chi connectivity index (χ4v) is 8.75. The van der Waals surface area contributed by atoms with Crippen molar-refractivity contribution in [2.75, 3.05) is 4.90 Å². The highest BCUT2D eigenvalue weighted by Gasteiger charge is 2.26. The Hall–Kier alpha value is -5.66. The molecule has 9 aromatic rings. The van der Waals surface area contributed by atoms with Gasteiger partial charge in [0.1, 0.15) is 0 Å². The first-order valence-corrected chi connectivity index (χ1v) is 19.9. The molecule has 0 radical (unpaired) electrons. The zero-order chi connectivity index (χ0) is 38.4. The summed E-state index contributed by atoms with van der Waals surface area (Å²) in [6.07, 6.45) is 0. The Morgan fingerprint density at radius 2 is 0.800 bits per heavy atom. The van der Waals surface area contributed by atoms with E-state index in [0.29, 0.717) is 0 Å². The largest absolute Gasteiger partial charge is 0.309 e. The van der Waals surface area contributed by atoms with Gasteiger partial charge in [0.2, 0.25) is 0 Å². The van der Waals surface area contributed by atoms with E-state index in [0.717, 1.165) is 11.4 Å². The molecule has 9 rings (SSSR count). The van der Waals surface area contributed by atoms with E-state index in [1.807, 2.05) is 0 Å². The minimum atomic E-state index is 0.0330. The molecule has 0 bridgehead atoms. The van der Waals surface area contributed by atoms with Crippen molar-refractivity contribution in [1.82, 2.24) is 0 Å². The molecule has 0 fully saturated rings. The number of nitrogens with zero attached hydrogens (tertiary/aromatic N) is 1. The first kappa shape index (κ1) is 35.1. The lowest BCUT2D eigenvalue weighted by molar-refractivity contribution is 0.590. The number of hydrogen-bond acceptors (Lipinski definition) is 1. The molecule has 0 unspecified atom stereocenters. The third-order valence-electron chi connectivity index (χ3n) is 11.8. The molecule has 272 valence electrons. The van der Waals surface area contributed by atoms with Gasteiger partial charge in [0.15, 0.2) is 0 Å². The van der Waals surface area contributed by atoms with E-state index in [2.05, 4.69) is 213 Å². The molecular weight excluding hydrogens is 663 g/mol. The highest BCUT2D eigenvalue weighted by atomic mass is 15.1. The summed E-state index contributed by atoms with van der Waals surface area (Å²) in [5.41, 5.74) is 10.2. The number of anilines is 3. The van der Waals surface area contributed by atoms with Gasteiger partial charge in [-0.25, -0.2) is 0 Å². The SMILES string of the molecule is CC(C)(C)c1ccc(N(c2ccc(C(C)(C)C)cc2)c2c3ccccc3c(-c3cc4cc(C(C)(C)C)cc5ccc6cccc3c6c54)c3ccccc23)cc1. The Bertz CT molecular complexity index is 2770. The molecule has 0 aliphatic rings. The summed E-state index contributed by atoms with van der Waals surface area (Å²) in [7, 11) is 0. The van der Waals surface area contributed by atoms with Crippen LogP contribution in [-0.2, 0) is 16.2 Å². The molecule has 0 saturated heterocycles. The molecule has 0 aliphatic heterocycles. The van der Waals surface area contributed by atoms with Crippen LogP contribution in [0.2, 0.25) is 0 Å². The van der Waals surface area contributed by atoms with Crippen molar-refractivity contribution in [2.45, 2.75) is 78.6 Å². The van der Waals surface area contributed by atoms with E-state index in [-0.39, 0.29) is 16.2 Å². The summed E-state index contributed by atoms with van der Waals surface area (Å²) in [6.45, 7) is 20.7. The predicted molar refractivity (Wildman–Crippen MR) is 241 cm³/mol. The monoisotopic (exact) mass is 713 g/mol. The minimum Gasteiger partial charge on any atom is -0.309 e. The highest BCUT2D eigenvalue weighted by Crippen LogP contribution is 2.51. The molecule has 55 heavy (non-hydrogen) atoms. The quantitative estimate of drug-likeness (QED) is 0.130. The molecule has 0 aromatic heterocycles. The van der Waals surface area contributed by atoms with E-state index < -0.39 is 0 Å². The van der Waals surface area contributed by atoms with E-state index >= 15 is 0 Å². The molecule has 0 amide bonds. The van der Waals surface area contributed by atoms with Crippen molar-refractivity contribution in [3.05, 3.63) is 162 Å². The maximum Gasteiger partial charge on any atom is 0.0618 e. The van der Waals surface area contributed by atoms with Crippen LogP contribution in [0.1, 0.15) is 79.0 Å². The summed E-state index contributed by atoms with van der Waals surface area (Å²) >= 11 is 0. The zero-order valence-electron chi connectivity index (χ0n) is 33.8. The van der Waals surface area contributed by atoms with Crippen LogP contribution in [0.3, 0.4) is 0 Å². The molecule has 0 N–H and O–H groups in total. The van der Waals surface area contributed by atoms with Crippen molar-refractivity contribution in [2.24, 2.45) is 0 Å². The van der Waals surface area contributed by atoms with Gasteiger partial charge in [0.25, 0.3) is 0 Å². The highest BCUT2D eigenvalue weighted by molar-refractivity contribution is 6.30. The number of fused-ring (bicyclic) bond motifs is 2. The summed E-state index contributed by atoms with van der Waals surface area (Å²) in [4.78, 5) is 2.49. The standard InChI is InChI=1S/C54H51N/c1-52(2,3)37-23-27-40(28-24-37)55(41-29-25-38(26-30-41)53(4,5)6)51-45-18-12-10-16-42(45)50(43-17-11-13-19-46(43)51)47-33-36-32-39(54(7,8)9)31-35-22-21-34-15-14-20-44(47)49(34)48(35)36/h10-33H,1-9H3. The molecule has 1 nitrogen and oxygen atoms in total. The van der Waals surface area contributed by atoms with Gasteiger partial charge >= 0.3 is 0 Å². The third-order valence-corrected chi connectivity index (χ3v) is 11.8. The maximum atomic E-state index is 2.49. The van der Waals surface area contributed by atoms with Gasteiger partial charge in [-0.3, -0.25) is 0 Å². The van der Waals surface area contributed by atoms with Crippen molar-refractivity contribution in [3.8, 4) is 11.1 Å². The van der Waals surface area contributed by atoms with Gasteiger partial charge < -0.3 is 4.90 Å². The van der Waals surface area contributed by atoms with Crippen molar-refractivity contribution in [3.63, 3.8) is 0 Å². The lowest BCUT2D eigenvalue weighted by Crippen LogP contribution is -2.15. The average molecular weight is 714 g/mol. The summed E-state index contributed by atoms with van der Waals surface area (Å²) in [5, 5.41) is 12.9. The van der Waals surface area contributed by atoms with Crippen LogP contribution in [0.25, 0.3) is 65.0 Å². The normalized spacial score (nSPS) is 12.8. The fourth-order valence-electron chi connectivity index (χ4n) is 8.75. The van der Waals surface area contributed by atoms with Crippen molar-refractivity contribution in [1.29, 1.82) is 0 Å². The van der Waals surface area contributed by atoms with Crippen LogP contribution in [0, 0.1) is 0 Å². The van der Waals surface area contributed by atoms with Gasteiger partial charge in [-0.1, -0.05) is 178 Å². The molecule has 1 heteroatoms. The Morgan fingerprint density at radius 3 is 1.31 bits per heavy atom. The topological polar surface area (TPSA) is 3.24 Å². The number of hydrogen-bond donors (Lipinski definition) is 0. The third kappa shape index (κ3) is 5.84. The summed E-state index contributed by atoms with van der Waals surface area (Å²) in [5.74, 6) is 0. The van der Waals surface area contributed by atoms with Crippen LogP contribution in [0.5, 0.6) is 0 Å². The molecule has 0 heterocycles. The Kier molecular flexibility index (Phi) is 7.93. The number of rotatable bonds is 4. The lowest BCUT2D eigenvalue weighted by atomic mass is 9.81. The average Bonchev–Trinajstić information content (AvgIpc) is 3.16. The molecule has 0 spiro atoms. The zero-order valence-corrected chi connectivity index (χ0v) is 33.8. The van der Waals surface area contributed by atoms with Crippen LogP contribution < -0.4 is 4.90 Å². The van der Waals surface area contributed by atoms with Crippen molar-refractivity contribution < 1.29 is 0 Å². The van der Waals surface area contributed by atoms with E-state index in [1.54, 1.807) is 0 Å². The maximum absolute atomic E-state index is 2.49. The van der Waals surface area contributed by atoms with Gasteiger partial charge in [0.05, 0.1) is 5.69 Å². The van der Waals surface area contributed by atoms with E-state index in [4.69, 9.17) is 0 Å². The molecule has 0 aliphatic carbocycles. The fraction of sp³-hybridized carbons (Fsp3) is 0.222. The number of benzene rings is 9. The van der Waals surface area contributed by atoms with E-state index in [9.17, 15) is 0 Å². The van der Waals surface area contributed by atoms with Crippen LogP contribution in [0.15, 0.2) is 146 Å². The van der Waals surface area contributed by atoms with Gasteiger partial charge in [-0.15, -0.1) is 0 Å². The Labute approximate surface area is 326 Å². The lowest BCUT2D eigenvalue weighted by Gasteiger charge is -2.31. The minimum absolute atomic E-state index is 0.0330. The second-order valence-corrected chi connectivity index (χ2v) is 18.7. The second kappa shape index (κ2) is 12.4. The van der Waals surface area contributed by atoms with Crippen molar-refractivity contribution >= 4 is 70.9 Å². The molecule has 0 saturated carbocycles. The second-order valence-electron chi connectivity index (χ2n) is 18.7. The van der Waals surface area contributed by atoms with Crippen LogP contribution >= 0.6 is 0 Å². The van der Waals surface area contributed by atoms with Crippen LogP contribution in [-0.4, -0.2) is 0 Å².